The minimum atomic E-state index is -3.13. The van der Waals surface area contributed by atoms with Crippen LogP contribution in [0, 0.1) is 0 Å². The number of aliphatic imine (C=N–C) groups is 1. The SMILES string of the molecule is CCS(=O)(=O)c1ccc(C(N)=NC)cc1. The molecule has 0 atom stereocenters. The van der Waals surface area contributed by atoms with E-state index in [1.54, 1.807) is 38.2 Å². The highest BCUT2D eigenvalue weighted by atomic mass is 32.2. The van der Waals surface area contributed by atoms with Crippen LogP contribution < -0.4 is 5.73 Å². The molecular formula is C10H14N2O2S. The first kappa shape index (κ1) is 11.7. The van der Waals surface area contributed by atoms with Crippen molar-refractivity contribution in [2.24, 2.45) is 10.7 Å². The Labute approximate surface area is 89.8 Å². The zero-order chi connectivity index (χ0) is 11.5. The molecule has 5 heteroatoms. The summed E-state index contributed by atoms with van der Waals surface area (Å²) in [7, 11) is -1.54. The van der Waals surface area contributed by atoms with Gasteiger partial charge in [-0.1, -0.05) is 19.1 Å². The molecule has 0 aliphatic heterocycles. The van der Waals surface area contributed by atoms with Gasteiger partial charge < -0.3 is 5.73 Å². The zero-order valence-corrected chi connectivity index (χ0v) is 9.58. The predicted molar refractivity (Wildman–Crippen MR) is 60.8 cm³/mol. The summed E-state index contributed by atoms with van der Waals surface area (Å²) in [5.41, 5.74) is 6.32. The average molecular weight is 226 g/mol. The number of hydrogen-bond donors (Lipinski definition) is 1. The topological polar surface area (TPSA) is 72.5 Å². The van der Waals surface area contributed by atoms with Crippen LogP contribution in [0.15, 0.2) is 34.2 Å². The molecule has 15 heavy (non-hydrogen) atoms. The van der Waals surface area contributed by atoms with E-state index in [0.717, 1.165) is 5.56 Å². The van der Waals surface area contributed by atoms with Crippen LogP contribution >= 0.6 is 0 Å². The van der Waals surface area contributed by atoms with Gasteiger partial charge in [0.2, 0.25) is 0 Å². The summed E-state index contributed by atoms with van der Waals surface area (Å²) in [6, 6.07) is 6.41. The molecule has 0 heterocycles. The Hall–Kier alpha value is -1.36. The number of rotatable bonds is 3. The highest BCUT2D eigenvalue weighted by molar-refractivity contribution is 7.91. The van der Waals surface area contributed by atoms with E-state index in [-0.39, 0.29) is 5.75 Å². The molecule has 82 valence electrons. The van der Waals surface area contributed by atoms with Crippen LogP contribution in [0.2, 0.25) is 0 Å². The lowest BCUT2D eigenvalue weighted by atomic mass is 10.2. The fourth-order valence-corrected chi connectivity index (χ4v) is 2.01. The van der Waals surface area contributed by atoms with E-state index in [0.29, 0.717) is 10.7 Å². The Balaban J connectivity index is 3.12. The maximum Gasteiger partial charge on any atom is 0.178 e. The highest BCUT2D eigenvalue weighted by Crippen LogP contribution is 2.11. The van der Waals surface area contributed by atoms with Crippen molar-refractivity contribution in [3.8, 4) is 0 Å². The summed E-state index contributed by atoms with van der Waals surface area (Å²) < 4.78 is 23.0. The molecular weight excluding hydrogens is 212 g/mol. The van der Waals surface area contributed by atoms with E-state index in [9.17, 15) is 8.42 Å². The van der Waals surface area contributed by atoms with Crippen molar-refractivity contribution in [1.29, 1.82) is 0 Å². The monoisotopic (exact) mass is 226 g/mol. The Morgan fingerprint density at radius 1 is 1.33 bits per heavy atom. The molecule has 1 aromatic carbocycles. The van der Waals surface area contributed by atoms with Crippen LogP contribution in [0.3, 0.4) is 0 Å². The summed E-state index contributed by atoms with van der Waals surface area (Å²) >= 11 is 0. The molecule has 0 aromatic heterocycles. The van der Waals surface area contributed by atoms with Gasteiger partial charge in [0, 0.05) is 12.6 Å². The van der Waals surface area contributed by atoms with Crippen molar-refractivity contribution >= 4 is 15.7 Å². The van der Waals surface area contributed by atoms with Crippen LogP contribution in [0.4, 0.5) is 0 Å². The van der Waals surface area contributed by atoms with Crippen LogP contribution in [0.25, 0.3) is 0 Å². The van der Waals surface area contributed by atoms with Crippen LogP contribution in [-0.2, 0) is 9.84 Å². The Kier molecular flexibility index (Phi) is 3.47. The molecule has 0 bridgehead atoms. The summed E-state index contributed by atoms with van der Waals surface area (Å²) in [6.45, 7) is 1.62. The van der Waals surface area contributed by atoms with Crippen molar-refractivity contribution in [2.45, 2.75) is 11.8 Å². The lowest BCUT2D eigenvalue weighted by molar-refractivity contribution is 0.597. The largest absolute Gasteiger partial charge is 0.384 e. The van der Waals surface area contributed by atoms with Gasteiger partial charge in [-0.3, -0.25) is 4.99 Å². The van der Waals surface area contributed by atoms with E-state index in [2.05, 4.69) is 4.99 Å². The van der Waals surface area contributed by atoms with Crippen molar-refractivity contribution in [2.75, 3.05) is 12.8 Å². The minimum Gasteiger partial charge on any atom is -0.384 e. The molecule has 4 nitrogen and oxygen atoms in total. The lowest BCUT2D eigenvalue weighted by Gasteiger charge is -2.03. The molecule has 0 unspecified atom stereocenters. The van der Waals surface area contributed by atoms with Gasteiger partial charge in [0.15, 0.2) is 9.84 Å². The normalized spacial score (nSPS) is 12.8. The molecule has 0 saturated carbocycles. The molecule has 0 saturated heterocycles. The van der Waals surface area contributed by atoms with Crippen molar-refractivity contribution in [3.05, 3.63) is 29.8 Å². The van der Waals surface area contributed by atoms with Gasteiger partial charge in [-0.15, -0.1) is 0 Å². The maximum absolute atomic E-state index is 11.5. The maximum atomic E-state index is 11.5. The van der Waals surface area contributed by atoms with E-state index in [1.165, 1.54) is 0 Å². The summed E-state index contributed by atoms with van der Waals surface area (Å²) in [5, 5.41) is 0. The van der Waals surface area contributed by atoms with Crippen molar-refractivity contribution in [1.82, 2.24) is 0 Å². The minimum absolute atomic E-state index is 0.101. The second kappa shape index (κ2) is 4.44. The fourth-order valence-electron chi connectivity index (χ4n) is 1.13. The molecule has 1 aromatic rings. The van der Waals surface area contributed by atoms with Gasteiger partial charge in [0.25, 0.3) is 0 Å². The van der Waals surface area contributed by atoms with E-state index in [1.807, 2.05) is 0 Å². The molecule has 2 N–H and O–H groups in total. The number of amidine groups is 1. The van der Waals surface area contributed by atoms with Crippen LogP contribution in [-0.4, -0.2) is 27.1 Å². The van der Waals surface area contributed by atoms with Gasteiger partial charge in [0.1, 0.15) is 5.84 Å². The third-order valence-corrected chi connectivity index (χ3v) is 3.88. The van der Waals surface area contributed by atoms with E-state index < -0.39 is 9.84 Å². The summed E-state index contributed by atoms with van der Waals surface area (Å²) in [5.74, 6) is 0.499. The van der Waals surface area contributed by atoms with Crippen molar-refractivity contribution < 1.29 is 8.42 Å². The molecule has 0 aliphatic carbocycles. The predicted octanol–water partition coefficient (Wildman–Crippen LogP) is 0.815. The van der Waals surface area contributed by atoms with Gasteiger partial charge >= 0.3 is 0 Å². The quantitative estimate of drug-likeness (QED) is 0.612. The number of nitrogens with two attached hydrogens (primary N) is 1. The van der Waals surface area contributed by atoms with Crippen LogP contribution in [0.5, 0.6) is 0 Å². The second-order valence-corrected chi connectivity index (χ2v) is 5.31. The zero-order valence-electron chi connectivity index (χ0n) is 8.77. The standard InChI is InChI=1S/C10H14N2O2S/c1-3-15(13,14)9-6-4-8(5-7-9)10(11)12-2/h4-7H,3H2,1-2H3,(H2,11,12). The molecule has 0 spiro atoms. The highest BCUT2D eigenvalue weighted by Gasteiger charge is 2.10. The first-order chi connectivity index (χ1) is 7.01. The van der Waals surface area contributed by atoms with Crippen molar-refractivity contribution in [3.63, 3.8) is 0 Å². The average Bonchev–Trinajstić information content (AvgIpc) is 2.28. The molecule has 0 fully saturated rings. The Morgan fingerprint density at radius 3 is 2.27 bits per heavy atom. The molecule has 0 aliphatic rings. The molecule has 1 rings (SSSR count). The first-order valence-electron chi connectivity index (χ1n) is 4.56. The third-order valence-electron chi connectivity index (χ3n) is 2.13. The second-order valence-electron chi connectivity index (χ2n) is 3.04. The van der Waals surface area contributed by atoms with Gasteiger partial charge in [0.05, 0.1) is 10.6 Å². The number of benzene rings is 1. The third kappa shape index (κ3) is 2.56. The van der Waals surface area contributed by atoms with Crippen LogP contribution in [0.1, 0.15) is 12.5 Å². The van der Waals surface area contributed by atoms with E-state index >= 15 is 0 Å². The molecule has 0 amide bonds. The first-order valence-corrected chi connectivity index (χ1v) is 6.22. The van der Waals surface area contributed by atoms with Gasteiger partial charge in [-0.05, 0) is 12.1 Å². The lowest BCUT2D eigenvalue weighted by Crippen LogP contribution is -2.13. The Morgan fingerprint density at radius 2 is 1.87 bits per heavy atom. The number of hydrogen-bond acceptors (Lipinski definition) is 3. The number of sulfone groups is 1. The molecule has 0 radical (unpaired) electrons. The van der Waals surface area contributed by atoms with Gasteiger partial charge in [-0.2, -0.15) is 0 Å². The van der Waals surface area contributed by atoms with Gasteiger partial charge in [-0.25, -0.2) is 8.42 Å². The summed E-state index contributed by atoms with van der Waals surface area (Å²) in [4.78, 5) is 4.13. The smallest absolute Gasteiger partial charge is 0.178 e. The Bertz CT molecular complexity index is 461. The number of nitrogens with zero attached hydrogens (tertiary/aromatic N) is 1. The summed E-state index contributed by atoms with van der Waals surface area (Å²) in [6.07, 6.45) is 0. The van der Waals surface area contributed by atoms with E-state index in [4.69, 9.17) is 5.73 Å². The fraction of sp³-hybridized carbons (Fsp3) is 0.300.